The summed E-state index contributed by atoms with van der Waals surface area (Å²) < 4.78 is 40.7. The third-order valence-electron chi connectivity index (χ3n) is 9.39. The highest BCUT2D eigenvalue weighted by molar-refractivity contribution is 9.10. The van der Waals surface area contributed by atoms with Crippen molar-refractivity contribution in [2.45, 2.75) is 18.2 Å². The Hall–Kier alpha value is -8.78. The number of nitrogens with two attached hydrogens (primary N) is 5. The summed E-state index contributed by atoms with van der Waals surface area (Å²) in [6, 6.07) is 48.1. The number of para-hydroxylation sites is 1. The van der Waals surface area contributed by atoms with Gasteiger partial charge in [-0.05, 0) is 168 Å². The van der Waals surface area contributed by atoms with Crippen molar-refractivity contribution in [2.75, 3.05) is 50.9 Å². The molecule has 1 aromatic heterocycles. The van der Waals surface area contributed by atoms with Crippen LogP contribution in [0.2, 0.25) is 5.02 Å². The first-order valence-electron chi connectivity index (χ1n) is 21.8. The summed E-state index contributed by atoms with van der Waals surface area (Å²) in [4.78, 5) is 50.9. The van der Waals surface area contributed by atoms with Crippen molar-refractivity contribution in [3.05, 3.63) is 220 Å². The number of hydrogen-bond acceptors (Lipinski definition) is 13. The fourth-order valence-corrected chi connectivity index (χ4v) is 7.49. The molecular formula is C54H52BrClFN9O7S. The monoisotopic (exact) mass is 1100 g/mol. The van der Waals surface area contributed by atoms with Gasteiger partial charge in [-0.25, -0.2) is 12.8 Å². The molecule has 1 heterocycles. The van der Waals surface area contributed by atoms with E-state index < -0.39 is 21.7 Å². The number of sulfone groups is 1. The van der Waals surface area contributed by atoms with Crippen LogP contribution < -0.4 is 49.4 Å². The second-order valence-electron chi connectivity index (χ2n) is 15.5. The van der Waals surface area contributed by atoms with Gasteiger partial charge in [0.15, 0.2) is 9.84 Å². The lowest BCUT2D eigenvalue weighted by Crippen LogP contribution is -2.19. The van der Waals surface area contributed by atoms with Crippen molar-refractivity contribution in [2.24, 2.45) is 0 Å². The van der Waals surface area contributed by atoms with Crippen LogP contribution in [-0.2, 0) is 19.4 Å². The molecule has 382 valence electrons. The molecule has 0 fully saturated rings. The smallest absolute Gasteiger partial charge is 0.320 e. The van der Waals surface area contributed by atoms with E-state index in [4.69, 9.17) is 45.0 Å². The van der Waals surface area contributed by atoms with Crippen molar-refractivity contribution < 1.29 is 36.7 Å². The van der Waals surface area contributed by atoms with E-state index in [1.165, 1.54) is 42.5 Å². The molecule has 74 heavy (non-hydrogen) atoms. The normalized spacial score (nSPS) is 10.1. The fourth-order valence-electron chi connectivity index (χ4n) is 5.77. The standard InChI is InChI=1S/C15H14N2O3.C14H14N2O.C13H11FN2O.C7H8ClNO2S.C5H5BrN2/c16-11-6-8-12(9-7-11)17-14(18)10-15(19)20-13-4-2-1-3-5-13;1-10-4-2-3-5-13(10)14(17)16-12-8-6-11(15)7-9-12;14-10-3-1-9(2-4-10)13(17)16-12-7-5-11(15)6-8-12;1-12(10,11)7-3-2-5(9)4-6(7)8;6-4-1-5(7)3-8-2-4/h1-9H,10,16H2,(H,17,18);2-9H,15H2,1H3,(H,16,17);1-8H,15H2,(H,16,17);2-4H,9H2,1H3;1-3H,7H2. The van der Waals surface area contributed by atoms with Gasteiger partial charge in [0.05, 0.1) is 15.6 Å². The predicted octanol–water partition coefficient (Wildman–Crippen LogP) is 10.4. The Bertz CT molecular complexity index is 3220. The highest BCUT2D eigenvalue weighted by Gasteiger charge is 2.13. The molecule has 0 saturated heterocycles. The number of pyridine rings is 1. The van der Waals surface area contributed by atoms with Crippen LogP contribution in [0.4, 0.5) is 49.9 Å². The van der Waals surface area contributed by atoms with Crippen LogP contribution >= 0.6 is 27.5 Å². The van der Waals surface area contributed by atoms with E-state index >= 15 is 0 Å². The van der Waals surface area contributed by atoms with E-state index in [1.807, 2.05) is 37.3 Å². The highest BCUT2D eigenvalue weighted by Crippen LogP contribution is 2.23. The fraction of sp³-hybridized carbons (Fsp3) is 0.0556. The molecule has 8 aromatic rings. The van der Waals surface area contributed by atoms with Crippen LogP contribution in [0.1, 0.15) is 32.7 Å². The first kappa shape index (κ1) is 57.8. The van der Waals surface area contributed by atoms with Gasteiger partial charge in [-0.3, -0.25) is 24.2 Å². The number of aromatic nitrogens is 1. The topological polar surface area (TPSA) is 291 Å². The van der Waals surface area contributed by atoms with E-state index in [9.17, 15) is 32.0 Å². The average Bonchev–Trinajstić information content (AvgIpc) is 3.34. The zero-order valence-corrected chi connectivity index (χ0v) is 43.0. The number of halogens is 3. The lowest BCUT2D eigenvalue weighted by atomic mass is 10.1. The largest absolute Gasteiger partial charge is 0.426 e. The summed E-state index contributed by atoms with van der Waals surface area (Å²) in [6.45, 7) is 1.91. The van der Waals surface area contributed by atoms with Gasteiger partial charge in [0.25, 0.3) is 11.8 Å². The van der Waals surface area contributed by atoms with Crippen molar-refractivity contribution in [1.29, 1.82) is 0 Å². The molecule has 0 aliphatic heterocycles. The van der Waals surface area contributed by atoms with Crippen molar-refractivity contribution in [3.8, 4) is 5.75 Å². The molecule has 0 aliphatic rings. The van der Waals surface area contributed by atoms with Gasteiger partial charge in [-0.2, -0.15) is 0 Å². The molecule has 16 nitrogen and oxygen atoms in total. The lowest BCUT2D eigenvalue weighted by molar-refractivity contribution is -0.137. The molecule has 20 heteroatoms. The Kier molecular flexibility index (Phi) is 22.6. The maximum atomic E-state index is 12.7. The SMILES string of the molecule is CS(=O)(=O)c1ccc(N)cc1Cl.Cc1ccccc1C(=O)Nc1ccc(N)cc1.Nc1ccc(NC(=O)CC(=O)Oc2ccccc2)cc1.Nc1ccc(NC(=O)c2ccc(F)cc2)cc1.Nc1cncc(Br)c1. The minimum Gasteiger partial charge on any atom is -0.426 e. The number of esters is 1. The maximum Gasteiger partial charge on any atom is 0.320 e. The van der Waals surface area contributed by atoms with E-state index in [2.05, 4.69) is 36.9 Å². The first-order valence-corrected chi connectivity index (χ1v) is 24.9. The molecule has 0 aliphatic carbocycles. The molecular weight excluding hydrogens is 1050 g/mol. The summed E-state index contributed by atoms with van der Waals surface area (Å²) >= 11 is 8.87. The molecule has 3 amide bonds. The van der Waals surface area contributed by atoms with Crippen LogP contribution in [0.5, 0.6) is 5.75 Å². The van der Waals surface area contributed by atoms with Gasteiger partial charge < -0.3 is 49.4 Å². The number of aryl methyl sites for hydroxylation is 1. The first-order chi connectivity index (χ1) is 35.1. The summed E-state index contributed by atoms with van der Waals surface area (Å²) in [6.07, 6.45) is 4.05. The second-order valence-corrected chi connectivity index (χ2v) is 18.8. The summed E-state index contributed by atoms with van der Waals surface area (Å²) in [7, 11) is -3.24. The molecule has 0 unspecified atom stereocenters. The number of amides is 3. The Morgan fingerprint density at radius 3 is 1.55 bits per heavy atom. The van der Waals surface area contributed by atoms with E-state index in [0.717, 1.165) is 22.0 Å². The van der Waals surface area contributed by atoms with Gasteiger partial charge in [-0.1, -0.05) is 48.0 Å². The predicted molar refractivity (Wildman–Crippen MR) is 297 cm³/mol. The summed E-state index contributed by atoms with van der Waals surface area (Å²) in [5, 5.41) is 8.27. The second kappa shape index (κ2) is 28.9. The number of rotatable bonds is 9. The Morgan fingerprint density at radius 1 is 0.595 bits per heavy atom. The number of nitrogen functional groups attached to an aromatic ring is 5. The third-order valence-corrected chi connectivity index (χ3v) is 11.4. The lowest BCUT2D eigenvalue weighted by Gasteiger charge is -2.07. The van der Waals surface area contributed by atoms with Gasteiger partial charge in [0, 0.05) is 74.1 Å². The number of carbonyl (C=O) groups is 4. The number of nitrogens with one attached hydrogen (secondary N) is 3. The van der Waals surface area contributed by atoms with Crippen LogP contribution in [-0.4, -0.2) is 43.3 Å². The van der Waals surface area contributed by atoms with E-state index in [-0.39, 0.29) is 34.0 Å². The number of ether oxygens (including phenoxy) is 1. The molecule has 0 radical (unpaired) electrons. The quantitative estimate of drug-likeness (QED) is 0.0289. The van der Waals surface area contributed by atoms with Crippen molar-refractivity contribution >= 4 is 107 Å². The minimum absolute atomic E-state index is 0.104. The number of anilines is 8. The number of nitrogens with zero attached hydrogens (tertiary/aromatic N) is 1. The molecule has 0 spiro atoms. The molecule has 0 saturated carbocycles. The summed E-state index contributed by atoms with van der Waals surface area (Å²) in [5.41, 5.74) is 34.5. The Morgan fingerprint density at radius 2 is 1.08 bits per heavy atom. The van der Waals surface area contributed by atoms with Crippen LogP contribution in [0.15, 0.2) is 198 Å². The van der Waals surface area contributed by atoms with E-state index in [0.29, 0.717) is 56.7 Å². The van der Waals surface area contributed by atoms with Gasteiger partial charge in [0.2, 0.25) is 5.91 Å². The van der Waals surface area contributed by atoms with Crippen LogP contribution in [0, 0.1) is 12.7 Å². The molecule has 0 atom stereocenters. The van der Waals surface area contributed by atoms with Gasteiger partial charge >= 0.3 is 5.97 Å². The van der Waals surface area contributed by atoms with Crippen LogP contribution in [0.3, 0.4) is 0 Å². The number of carbonyl (C=O) groups excluding carboxylic acids is 4. The summed E-state index contributed by atoms with van der Waals surface area (Å²) in [5.74, 6) is -1.38. The van der Waals surface area contributed by atoms with Crippen LogP contribution in [0.25, 0.3) is 0 Å². The minimum atomic E-state index is -3.24. The zero-order chi connectivity index (χ0) is 54.2. The van der Waals surface area contributed by atoms with E-state index in [1.54, 1.807) is 116 Å². The van der Waals surface area contributed by atoms with Gasteiger partial charge in [-0.15, -0.1) is 0 Å². The Balaban J connectivity index is 0.000000206. The molecule has 0 bridgehead atoms. The molecule has 13 N–H and O–H groups in total. The van der Waals surface area contributed by atoms with Crippen molar-refractivity contribution in [1.82, 2.24) is 4.98 Å². The number of hydrogen-bond donors (Lipinski definition) is 8. The molecule has 7 aromatic carbocycles. The molecule has 8 rings (SSSR count). The van der Waals surface area contributed by atoms with Gasteiger partial charge in [0.1, 0.15) is 18.0 Å². The van der Waals surface area contributed by atoms with Crippen molar-refractivity contribution in [3.63, 3.8) is 0 Å². The maximum absolute atomic E-state index is 12.7. The number of benzene rings is 7. The zero-order valence-electron chi connectivity index (χ0n) is 39.8. The third kappa shape index (κ3) is 21.3. The average molecular weight is 1110 g/mol. The highest BCUT2D eigenvalue weighted by atomic mass is 79.9. The Labute approximate surface area is 441 Å².